The van der Waals surface area contributed by atoms with Crippen LogP contribution in [-0.4, -0.2) is 93.9 Å². The van der Waals surface area contributed by atoms with Crippen LogP contribution >= 0.6 is 0 Å². The summed E-state index contributed by atoms with van der Waals surface area (Å²) in [6, 6.07) is 0. The lowest BCUT2D eigenvalue weighted by Gasteiger charge is -2.27. The maximum absolute atomic E-state index is 11.4. The van der Waals surface area contributed by atoms with Gasteiger partial charge in [-0.05, 0) is 132 Å². The van der Waals surface area contributed by atoms with Gasteiger partial charge in [-0.3, -0.25) is 19.2 Å². The first-order chi connectivity index (χ1) is 31.3. The van der Waals surface area contributed by atoms with Gasteiger partial charge >= 0.3 is 36.1 Å². The molecule has 0 aromatic rings. The zero-order valence-electron chi connectivity index (χ0n) is 50.0. The first-order valence-corrected chi connectivity index (χ1v) is 25.6. The van der Waals surface area contributed by atoms with Crippen molar-refractivity contribution >= 4 is 36.1 Å². The van der Waals surface area contributed by atoms with Crippen molar-refractivity contribution in [3.63, 3.8) is 0 Å². The maximum Gasteiger partial charge on any atom is 0.407 e. The second-order valence-electron chi connectivity index (χ2n) is 27.1. The van der Waals surface area contributed by atoms with Crippen molar-refractivity contribution in [1.29, 1.82) is 0 Å². The molecule has 0 radical (unpaired) electrons. The topological polar surface area (TPSA) is 278 Å². The molecule has 2 unspecified atom stereocenters. The fraction of sp³-hybridized carbons (Fsp3) is 0.891. The van der Waals surface area contributed by atoms with Crippen molar-refractivity contribution in [2.24, 2.45) is 55.8 Å². The third-order valence-corrected chi connectivity index (χ3v) is 9.43. The van der Waals surface area contributed by atoms with Crippen LogP contribution < -0.4 is 22.1 Å². The first-order valence-electron chi connectivity index (χ1n) is 25.6. The van der Waals surface area contributed by atoms with E-state index in [0.29, 0.717) is 31.5 Å². The summed E-state index contributed by atoms with van der Waals surface area (Å²) in [6.07, 6.45) is 7.28. The van der Waals surface area contributed by atoms with E-state index < -0.39 is 41.2 Å². The summed E-state index contributed by atoms with van der Waals surface area (Å²) in [5.74, 6) is -3.48. The van der Waals surface area contributed by atoms with Gasteiger partial charge in [0.15, 0.2) is 0 Å². The molecule has 10 N–H and O–H groups in total. The monoisotopic (exact) mass is 1020 g/mol. The van der Waals surface area contributed by atoms with E-state index in [-0.39, 0.29) is 57.8 Å². The van der Waals surface area contributed by atoms with Gasteiger partial charge in [-0.15, -0.1) is 0 Å². The summed E-state index contributed by atoms with van der Waals surface area (Å²) in [5.41, 5.74) is 10.1. The number of amides is 2. The Morgan fingerprint density at radius 3 is 0.958 bits per heavy atom. The molecular weight excluding hydrogens is 909 g/mol. The van der Waals surface area contributed by atoms with Crippen molar-refractivity contribution in [3.05, 3.63) is 0 Å². The van der Waals surface area contributed by atoms with Crippen molar-refractivity contribution in [1.82, 2.24) is 10.6 Å². The number of carboxylic acid groups (broad SMARTS) is 4. The Kier molecular flexibility index (Phi) is 41.2. The summed E-state index contributed by atoms with van der Waals surface area (Å²) in [7, 11) is 0. The van der Waals surface area contributed by atoms with Crippen molar-refractivity contribution in [2.45, 2.75) is 248 Å². The van der Waals surface area contributed by atoms with Gasteiger partial charge in [0, 0.05) is 19.5 Å². The maximum atomic E-state index is 11.4. The third kappa shape index (κ3) is 73.0. The van der Waals surface area contributed by atoms with Gasteiger partial charge in [-0.1, -0.05) is 137 Å². The highest BCUT2D eigenvalue weighted by molar-refractivity contribution is 5.71. The number of alkyl carbamates (subject to hydrolysis) is 2. The molecule has 0 heterocycles. The van der Waals surface area contributed by atoms with E-state index in [4.69, 9.17) is 36.3 Å². The van der Waals surface area contributed by atoms with Gasteiger partial charge in [0.05, 0.1) is 18.3 Å². The molecule has 2 atom stereocenters. The highest BCUT2D eigenvalue weighted by atomic mass is 16.6. The smallest absolute Gasteiger partial charge is 0.407 e. The number of carbonyl (C=O) groups excluding carboxylic acids is 2. The van der Waals surface area contributed by atoms with E-state index in [2.05, 4.69) is 52.2 Å². The van der Waals surface area contributed by atoms with Crippen LogP contribution in [-0.2, 0) is 28.7 Å². The minimum absolute atomic E-state index is 0.0775. The van der Waals surface area contributed by atoms with Gasteiger partial charge in [-0.25, -0.2) is 9.59 Å². The Hall–Kier alpha value is -3.66. The molecule has 71 heavy (non-hydrogen) atoms. The summed E-state index contributed by atoms with van der Waals surface area (Å²) < 4.78 is 10.2. The molecular formula is C55H114N4O12. The number of ether oxygens (including phenoxy) is 2. The quantitative estimate of drug-likeness (QED) is 0.0629. The van der Waals surface area contributed by atoms with E-state index in [1.54, 1.807) is 0 Å². The molecule has 2 amide bonds. The van der Waals surface area contributed by atoms with Gasteiger partial charge < -0.3 is 52.0 Å². The molecule has 0 bridgehead atoms. The lowest BCUT2D eigenvalue weighted by Crippen LogP contribution is -2.34. The fourth-order valence-electron chi connectivity index (χ4n) is 5.55. The predicted octanol–water partition coefficient (Wildman–Crippen LogP) is 13.0. The molecule has 16 nitrogen and oxygen atoms in total. The van der Waals surface area contributed by atoms with Gasteiger partial charge in [0.2, 0.25) is 0 Å². The van der Waals surface area contributed by atoms with Gasteiger partial charge in [-0.2, -0.15) is 0 Å². The normalized spacial score (nSPS) is 12.8. The average Bonchev–Trinajstić information content (AvgIpc) is 3.06. The molecule has 426 valence electrons. The standard InChI is InChI=1S/C15H29NO4.C11H23NO2.C10H21NO2.C7H14O2.C6H15N.C6H12O2/c1-14(2,3)11(12(17)18)9-7-8-10-16-13(19)20-15(4,5)6;1-10(2,3)7-8-12-9(13)14-11(4,5)6;1-10(2,3)8(9(12)13)6-4-5-7-11;1-7(2,3)5-4-6(8)9;1-6(2,3)4-5-7;1-6(2,3)4-5(7)8/h11H,7-10H2,1-6H3,(H,16,19)(H,17,18);7-8H2,1-6H3,(H,12,13);8H,4-7,11H2,1-3H3,(H,12,13);4-5H2,1-3H3,(H,8,9);4-5,7H2,1-3H3;4H2,1-3H3,(H,7,8). The van der Waals surface area contributed by atoms with Crippen LogP contribution in [0.2, 0.25) is 0 Å². The number of carbonyl (C=O) groups is 6. The number of carboxylic acids is 4. The molecule has 0 aromatic heterocycles. The lowest BCUT2D eigenvalue weighted by atomic mass is 9.78. The molecule has 0 fully saturated rings. The van der Waals surface area contributed by atoms with E-state index in [9.17, 15) is 33.9 Å². The summed E-state index contributed by atoms with van der Waals surface area (Å²) in [6.45, 7) is 50.2. The predicted molar refractivity (Wildman–Crippen MR) is 292 cm³/mol. The highest BCUT2D eigenvalue weighted by Crippen LogP contribution is 2.31. The van der Waals surface area contributed by atoms with Crippen molar-refractivity contribution in [3.8, 4) is 0 Å². The zero-order chi connectivity index (χ0) is 58.1. The molecule has 0 saturated heterocycles. The summed E-state index contributed by atoms with van der Waals surface area (Å²) in [5, 5.41) is 40.1. The Morgan fingerprint density at radius 2 is 0.761 bits per heavy atom. The van der Waals surface area contributed by atoms with Crippen LogP contribution in [0.1, 0.15) is 237 Å². The molecule has 0 aliphatic heterocycles. The number of rotatable bonds is 17. The van der Waals surface area contributed by atoms with Gasteiger partial charge in [0.25, 0.3) is 0 Å². The van der Waals surface area contributed by atoms with Crippen LogP contribution in [0.25, 0.3) is 0 Å². The highest BCUT2D eigenvalue weighted by Gasteiger charge is 2.31. The molecule has 16 heteroatoms. The molecule has 0 saturated carbocycles. The molecule has 0 aromatic carbocycles. The Morgan fingerprint density at radius 1 is 0.423 bits per heavy atom. The van der Waals surface area contributed by atoms with Crippen LogP contribution in [0.4, 0.5) is 9.59 Å². The van der Waals surface area contributed by atoms with E-state index >= 15 is 0 Å². The van der Waals surface area contributed by atoms with E-state index in [1.807, 2.05) is 125 Å². The number of nitrogens with two attached hydrogens (primary N) is 2. The van der Waals surface area contributed by atoms with Crippen molar-refractivity contribution < 1.29 is 58.7 Å². The summed E-state index contributed by atoms with van der Waals surface area (Å²) in [4.78, 5) is 64.8. The first kappa shape index (κ1) is 78.8. The lowest BCUT2D eigenvalue weighted by molar-refractivity contribution is -0.146. The minimum Gasteiger partial charge on any atom is -0.481 e. The molecule has 0 aliphatic rings. The minimum atomic E-state index is -0.752. The molecule has 0 aliphatic carbocycles. The number of unbranched alkanes of at least 4 members (excludes halogenated alkanes) is 2. The number of nitrogens with one attached hydrogen (secondary N) is 2. The van der Waals surface area contributed by atoms with E-state index in [0.717, 1.165) is 57.9 Å². The summed E-state index contributed by atoms with van der Waals surface area (Å²) >= 11 is 0. The van der Waals surface area contributed by atoms with Crippen LogP contribution in [0.5, 0.6) is 0 Å². The Labute approximate surface area is 434 Å². The molecule has 0 rings (SSSR count). The van der Waals surface area contributed by atoms with Crippen LogP contribution in [0, 0.1) is 44.3 Å². The number of hydrogen-bond acceptors (Lipinski definition) is 10. The Balaban J connectivity index is -0.000000185. The van der Waals surface area contributed by atoms with Gasteiger partial charge in [0.1, 0.15) is 11.2 Å². The van der Waals surface area contributed by atoms with E-state index in [1.165, 1.54) is 0 Å². The second kappa shape index (κ2) is 37.1. The number of aliphatic carboxylic acids is 4. The van der Waals surface area contributed by atoms with Crippen LogP contribution in [0.3, 0.4) is 0 Å². The van der Waals surface area contributed by atoms with Crippen molar-refractivity contribution in [2.75, 3.05) is 26.2 Å². The number of hydrogen-bond donors (Lipinski definition) is 8. The zero-order valence-corrected chi connectivity index (χ0v) is 50.0. The average molecular weight is 1020 g/mol. The largest absolute Gasteiger partial charge is 0.481 e. The SMILES string of the molecule is CC(C)(C)C(CCCCN)C(=O)O.CC(C)(C)CC(=O)O.CC(C)(C)CCC(=O)O.CC(C)(C)CCN.CC(C)(C)CCNC(=O)OC(C)(C)C.CC(C)(C)OC(=O)NCCCCC(C(=O)O)C(C)(C)C. The Bertz CT molecular complexity index is 1440. The molecule has 0 spiro atoms. The second-order valence-corrected chi connectivity index (χ2v) is 27.1. The van der Waals surface area contributed by atoms with Crippen LogP contribution in [0.15, 0.2) is 0 Å². The third-order valence-electron chi connectivity index (χ3n) is 9.43. The fourth-order valence-corrected chi connectivity index (χ4v) is 5.55.